The second-order valence-electron chi connectivity index (χ2n) is 5.10. The van der Waals surface area contributed by atoms with E-state index in [4.69, 9.17) is 10.6 Å². The first-order valence-electron chi connectivity index (χ1n) is 6.90. The smallest absolute Gasteiger partial charge is 0.155 e. The van der Waals surface area contributed by atoms with Crippen molar-refractivity contribution in [3.8, 4) is 5.75 Å². The number of nitrogens with one attached hydrogen (secondary N) is 1. The fraction of sp³-hybridized carbons (Fsp3) is 0.400. The minimum absolute atomic E-state index is 0. The highest BCUT2D eigenvalue weighted by molar-refractivity contribution is 5.94. The minimum atomic E-state index is 0. The number of halogens is 1. The number of nitrogens with two attached hydrogens (primary N) is 1. The highest BCUT2D eigenvalue weighted by Crippen LogP contribution is 2.28. The van der Waals surface area contributed by atoms with Gasteiger partial charge in [-0.15, -0.1) is 12.4 Å². The van der Waals surface area contributed by atoms with Crippen LogP contribution in [-0.2, 0) is 0 Å². The molecule has 108 valence electrons. The summed E-state index contributed by atoms with van der Waals surface area (Å²) in [6, 6.07) is 8.26. The van der Waals surface area contributed by atoms with Crippen molar-refractivity contribution in [1.29, 1.82) is 0 Å². The summed E-state index contributed by atoms with van der Waals surface area (Å²) >= 11 is 0. The van der Waals surface area contributed by atoms with Crippen LogP contribution in [0.1, 0.15) is 32.1 Å². The summed E-state index contributed by atoms with van der Waals surface area (Å²) in [7, 11) is 0. The van der Waals surface area contributed by atoms with Gasteiger partial charge in [-0.3, -0.25) is 0 Å². The molecule has 4 nitrogen and oxygen atoms in total. The number of hydrogen-bond donors (Lipinski definition) is 2. The molecule has 0 radical (unpaired) electrons. The number of rotatable bonds is 3. The summed E-state index contributed by atoms with van der Waals surface area (Å²) in [5, 5.41) is 1.93. The van der Waals surface area contributed by atoms with Crippen molar-refractivity contribution in [3.63, 3.8) is 0 Å². The summed E-state index contributed by atoms with van der Waals surface area (Å²) < 4.78 is 0. The van der Waals surface area contributed by atoms with Gasteiger partial charge in [0.15, 0.2) is 5.75 Å². The van der Waals surface area contributed by atoms with Crippen LogP contribution in [0.15, 0.2) is 30.5 Å². The van der Waals surface area contributed by atoms with E-state index in [1.165, 1.54) is 32.1 Å². The summed E-state index contributed by atoms with van der Waals surface area (Å²) in [5.41, 5.74) is 9.07. The van der Waals surface area contributed by atoms with Crippen molar-refractivity contribution >= 4 is 29.0 Å². The highest BCUT2D eigenvalue weighted by atomic mass is 35.5. The molecule has 0 bridgehead atoms. The molecule has 3 N–H and O–H groups in total. The predicted octanol–water partition coefficient (Wildman–Crippen LogP) is 3.45. The average Bonchev–Trinajstić information content (AvgIpc) is 2.47. The lowest BCUT2D eigenvalue weighted by Gasteiger charge is -2.22. The predicted molar refractivity (Wildman–Crippen MR) is 84.0 cm³/mol. The Bertz CT molecular complexity index is 570. The first-order valence-corrected chi connectivity index (χ1v) is 6.90. The average molecular weight is 294 g/mol. The second kappa shape index (κ2) is 6.77. The lowest BCUT2D eigenvalue weighted by atomic mass is 9.96. The molecule has 1 aromatic carbocycles. The number of hydroxylamine groups is 1. The first kappa shape index (κ1) is 14.9. The van der Waals surface area contributed by atoms with Crippen LogP contribution in [-0.4, -0.2) is 11.0 Å². The van der Waals surface area contributed by atoms with Gasteiger partial charge in [-0.2, -0.15) is 5.48 Å². The minimum Gasteiger partial charge on any atom is -0.408 e. The standard InChI is InChI=1S/C15H19N3O.ClH/c16-15-13-7-4-8-14(12(13)9-10-17-15)19-18-11-5-2-1-3-6-11;/h4,7-11,18H,1-3,5-6H2,(H2,16,17);1H. The Morgan fingerprint density at radius 1 is 1.10 bits per heavy atom. The summed E-state index contributed by atoms with van der Waals surface area (Å²) in [4.78, 5) is 9.88. The SMILES string of the molecule is Cl.Nc1nccc2c(ONC3CCCCC3)cccc12. The van der Waals surface area contributed by atoms with Gasteiger partial charge in [0.05, 0.1) is 0 Å². The number of nitrogens with zero attached hydrogens (tertiary/aromatic N) is 1. The lowest BCUT2D eigenvalue weighted by molar-refractivity contribution is 0.135. The van der Waals surface area contributed by atoms with E-state index in [9.17, 15) is 0 Å². The molecule has 0 aliphatic heterocycles. The van der Waals surface area contributed by atoms with Crippen LogP contribution in [0, 0.1) is 0 Å². The number of pyridine rings is 1. The van der Waals surface area contributed by atoms with Crippen molar-refractivity contribution < 1.29 is 4.84 Å². The van der Waals surface area contributed by atoms with Crippen LogP contribution < -0.4 is 16.1 Å². The number of nitrogen functional groups attached to an aromatic ring is 1. The van der Waals surface area contributed by atoms with Gasteiger partial charge in [-0.1, -0.05) is 31.4 Å². The molecule has 20 heavy (non-hydrogen) atoms. The summed E-state index contributed by atoms with van der Waals surface area (Å²) in [6.07, 6.45) is 8.00. The number of anilines is 1. The molecule has 0 saturated heterocycles. The molecule has 1 saturated carbocycles. The maximum Gasteiger partial charge on any atom is 0.155 e. The van der Waals surface area contributed by atoms with Crippen LogP contribution >= 0.6 is 12.4 Å². The number of aromatic nitrogens is 1. The maximum absolute atomic E-state index is 5.88. The molecule has 1 fully saturated rings. The molecule has 0 unspecified atom stereocenters. The Kier molecular flexibility index (Phi) is 5.04. The first-order chi connectivity index (χ1) is 9.34. The van der Waals surface area contributed by atoms with E-state index >= 15 is 0 Å². The molecule has 5 heteroatoms. The number of hydrogen-bond acceptors (Lipinski definition) is 4. The zero-order chi connectivity index (χ0) is 13.1. The summed E-state index contributed by atoms with van der Waals surface area (Å²) in [5.74, 6) is 1.36. The van der Waals surface area contributed by atoms with Gasteiger partial charge in [0, 0.05) is 23.0 Å². The second-order valence-corrected chi connectivity index (χ2v) is 5.10. The van der Waals surface area contributed by atoms with Crippen molar-refractivity contribution in [2.75, 3.05) is 5.73 Å². The molecule has 1 aliphatic carbocycles. The Labute approximate surface area is 125 Å². The van der Waals surface area contributed by atoms with Crippen LogP contribution in [0.2, 0.25) is 0 Å². The van der Waals surface area contributed by atoms with E-state index in [0.29, 0.717) is 11.9 Å². The molecule has 1 aromatic heterocycles. The fourth-order valence-electron chi connectivity index (χ4n) is 2.66. The van der Waals surface area contributed by atoms with Gasteiger partial charge >= 0.3 is 0 Å². The molecule has 1 heterocycles. The third kappa shape index (κ3) is 3.14. The molecule has 0 atom stereocenters. The van der Waals surface area contributed by atoms with E-state index in [2.05, 4.69) is 10.5 Å². The summed E-state index contributed by atoms with van der Waals surface area (Å²) in [6.45, 7) is 0. The van der Waals surface area contributed by atoms with Crippen molar-refractivity contribution in [2.24, 2.45) is 0 Å². The highest BCUT2D eigenvalue weighted by Gasteiger charge is 2.14. The van der Waals surface area contributed by atoms with Gasteiger partial charge in [-0.25, -0.2) is 4.98 Å². The third-order valence-corrected chi connectivity index (χ3v) is 3.74. The monoisotopic (exact) mass is 293 g/mol. The van der Waals surface area contributed by atoms with Crippen molar-refractivity contribution in [3.05, 3.63) is 30.5 Å². The molecule has 0 amide bonds. The zero-order valence-electron chi connectivity index (χ0n) is 11.3. The molecule has 3 rings (SSSR count). The van der Waals surface area contributed by atoms with E-state index in [1.54, 1.807) is 6.20 Å². The molecule has 1 aliphatic rings. The van der Waals surface area contributed by atoms with Crippen molar-refractivity contribution in [1.82, 2.24) is 10.5 Å². The maximum atomic E-state index is 5.88. The zero-order valence-corrected chi connectivity index (χ0v) is 12.2. The van der Waals surface area contributed by atoms with Crippen LogP contribution in [0.25, 0.3) is 10.8 Å². The van der Waals surface area contributed by atoms with E-state index in [1.807, 2.05) is 24.3 Å². The fourth-order valence-corrected chi connectivity index (χ4v) is 2.66. The Balaban J connectivity index is 0.00000147. The largest absolute Gasteiger partial charge is 0.408 e. The van der Waals surface area contributed by atoms with E-state index in [-0.39, 0.29) is 12.4 Å². The Hall–Kier alpha value is -1.52. The number of benzene rings is 1. The molecule has 2 aromatic rings. The van der Waals surface area contributed by atoms with Gasteiger partial charge in [0.2, 0.25) is 0 Å². The Morgan fingerprint density at radius 2 is 1.90 bits per heavy atom. The van der Waals surface area contributed by atoms with Crippen molar-refractivity contribution in [2.45, 2.75) is 38.1 Å². The van der Waals surface area contributed by atoms with Gasteiger partial charge < -0.3 is 10.6 Å². The van der Waals surface area contributed by atoms with Crippen LogP contribution in [0.4, 0.5) is 5.82 Å². The lowest BCUT2D eigenvalue weighted by Crippen LogP contribution is -2.33. The number of fused-ring (bicyclic) bond motifs is 1. The normalized spacial score (nSPS) is 15.8. The van der Waals surface area contributed by atoms with Gasteiger partial charge in [0.1, 0.15) is 5.82 Å². The van der Waals surface area contributed by atoms with Gasteiger partial charge in [0.25, 0.3) is 0 Å². The Morgan fingerprint density at radius 3 is 2.70 bits per heavy atom. The molecular formula is C15H20ClN3O. The van der Waals surface area contributed by atoms with Crippen LogP contribution in [0.5, 0.6) is 5.75 Å². The van der Waals surface area contributed by atoms with Gasteiger partial charge in [-0.05, 0) is 25.0 Å². The van der Waals surface area contributed by atoms with E-state index < -0.39 is 0 Å². The topological polar surface area (TPSA) is 60.2 Å². The molecular weight excluding hydrogens is 274 g/mol. The quantitative estimate of drug-likeness (QED) is 0.851. The van der Waals surface area contributed by atoms with E-state index in [0.717, 1.165) is 16.5 Å². The molecule has 0 spiro atoms. The third-order valence-electron chi connectivity index (χ3n) is 3.74. The van der Waals surface area contributed by atoms with Crippen LogP contribution in [0.3, 0.4) is 0 Å².